The fraction of sp³-hybridized carbons (Fsp3) is 0.867. The van der Waals surface area contributed by atoms with E-state index in [-0.39, 0.29) is 17.8 Å². The standard InChI is InChI=1S/C15H27NO3/c1-3-5-6-7-8-9-16-12-13(11-14(16)17)15(18)19-10-4-2/h13H,3-12H2,1-2H3. The fourth-order valence-electron chi connectivity index (χ4n) is 2.37. The van der Waals surface area contributed by atoms with Crippen LogP contribution in [0.5, 0.6) is 0 Å². The average Bonchev–Trinajstić information content (AvgIpc) is 2.77. The van der Waals surface area contributed by atoms with Gasteiger partial charge in [-0.05, 0) is 12.8 Å². The van der Waals surface area contributed by atoms with Crippen molar-refractivity contribution >= 4 is 11.9 Å². The monoisotopic (exact) mass is 269 g/mol. The number of esters is 1. The van der Waals surface area contributed by atoms with Crippen LogP contribution >= 0.6 is 0 Å². The lowest BCUT2D eigenvalue weighted by atomic mass is 10.1. The van der Waals surface area contributed by atoms with Crippen LogP contribution in [-0.4, -0.2) is 36.5 Å². The minimum Gasteiger partial charge on any atom is -0.465 e. The summed E-state index contributed by atoms with van der Waals surface area (Å²) in [6.07, 6.45) is 7.10. The van der Waals surface area contributed by atoms with E-state index >= 15 is 0 Å². The number of nitrogens with zero attached hydrogens (tertiary/aromatic N) is 1. The number of unbranched alkanes of at least 4 members (excludes halogenated alkanes) is 4. The first-order valence-electron chi connectivity index (χ1n) is 7.63. The molecule has 0 aromatic heterocycles. The van der Waals surface area contributed by atoms with Crippen LogP contribution in [0.25, 0.3) is 0 Å². The maximum Gasteiger partial charge on any atom is 0.311 e. The molecule has 110 valence electrons. The van der Waals surface area contributed by atoms with Gasteiger partial charge in [0.25, 0.3) is 0 Å². The molecule has 0 saturated carbocycles. The molecule has 1 aliphatic rings. The third-order valence-electron chi connectivity index (χ3n) is 3.53. The van der Waals surface area contributed by atoms with E-state index in [1.54, 1.807) is 0 Å². The van der Waals surface area contributed by atoms with Crippen molar-refractivity contribution in [1.82, 2.24) is 4.90 Å². The SMILES string of the molecule is CCCCCCCN1CC(C(=O)OCCC)CC1=O. The number of hydrogen-bond donors (Lipinski definition) is 0. The number of carbonyl (C=O) groups excluding carboxylic acids is 2. The largest absolute Gasteiger partial charge is 0.465 e. The van der Waals surface area contributed by atoms with Crippen molar-refractivity contribution in [2.45, 2.75) is 58.8 Å². The van der Waals surface area contributed by atoms with Crippen LogP contribution in [0.4, 0.5) is 0 Å². The van der Waals surface area contributed by atoms with Gasteiger partial charge in [0.1, 0.15) is 0 Å². The van der Waals surface area contributed by atoms with Gasteiger partial charge < -0.3 is 9.64 Å². The van der Waals surface area contributed by atoms with Crippen molar-refractivity contribution in [1.29, 1.82) is 0 Å². The van der Waals surface area contributed by atoms with E-state index in [0.717, 1.165) is 19.4 Å². The second-order valence-electron chi connectivity index (χ2n) is 5.32. The van der Waals surface area contributed by atoms with Gasteiger partial charge in [0, 0.05) is 19.5 Å². The first-order chi connectivity index (χ1) is 9.19. The van der Waals surface area contributed by atoms with Gasteiger partial charge in [-0.2, -0.15) is 0 Å². The summed E-state index contributed by atoms with van der Waals surface area (Å²) in [5.41, 5.74) is 0. The Morgan fingerprint density at radius 1 is 1.21 bits per heavy atom. The summed E-state index contributed by atoms with van der Waals surface area (Å²) in [5.74, 6) is -0.340. The molecule has 0 spiro atoms. The summed E-state index contributed by atoms with van der Waals surface area (Å²) < 4.78 is 5.11. The van der Waals surface area contributed by atoms with Crippen LogP contribution in [0.15, 0.2) is 0 Å². The molecule has 1 atom stereocenters. The van der Waals surface area contributed by atoms with E-state index in [9.17, 15) is 9.59 Å². The first-order valence-corrected chi connectivity index (χ1v) is 7.63. The highest BCUT2D eigenvalue weighted by atomic mass is 16.5. The molecule has 1 aliphatic heterocycles. The van der Waals surface area contributed by atoms with E-state index in [4.69, 9.17) is 4.74 Å². The van der Waals surface area contributed by atoms with Gasteiger partial charge >= 0.3 is 5.97 Å². The Hall–Kier alpha value is -1.06. The fourth-order valence-corrected chi connectivity index (χ4v) is 2.37. The summed E-state index contributed by atoms with van der Waals surface area (Å²) in [6, 6.07) is 0. The molecule has 1 fully saturated rings. The molecule has 1 saturated heterocycles. The summed E-state index contributed by atoms with van der Waals surface area (Å²) >= 11 is 0. The quantitative estimate of drug-likeness (QED) is 0.477. The predicted octanol–water partition coefficient (Wildman–Crippen LogP) is 2.76. The summed E-state index contributed by atoms with van der Waals surface area (Å²) in [6.45, 7) is 5.96. The smallest absolute Gasteiger partial charge is 0.311 e. The second-order valence-corrected chi connectivity index (χ2v) is 5.32. The van der Waals surface area contributed by atoms with Gasteiger partial charge in [0.15, 0.2) is 0 Å². The number of amides is 1. The topological polar surface area (TPSA) is 46.6 Å². The van der Waals surface area contributed by atoms with E-state index in [2.05, 4.69) is 6.92 Å². The highest BCUT2D eigenvalue weighted by Gasteiger charge is 2.34. The summed E-state index contributed by atoms with van der Waals surface area (Å²) in [4.78, 5) is 25.3. The Labute approximate surface area is 116 Å². The highest BCUT2D eigenvalue weighted by Crippen LogP contribution is 2.20. The number of likely N-dealkylation sites (tertiary alicyclic amines) is 1. The highest BCUT2D eigenvalue weighted by molar-refractivity contribution is 5.86. The molecule has 1 heterocycles. The van der Waals surface area contributed by atoms with Gasteiger partial charge in [0.2, 0.25) is 5.91 Å². The lowest BCUT2D eigenvalue weighted by Gasteiger charge is -2.16. The molecular formula is C15H27NO3. The Morgan fingerprint density at radius 2 is 1.95 bits per heavy atom. The summed E-state index contributed by atoms with van der Waals surface area (Å²) in [5, 5.41) is 0. The maximum atomic E-state index is 11.8. The molecule has 4 nitrogen and oxygen atoms in total. The Kier molecular flexibility index (Phi) is 7.53. The van der Waals surface area contributed by atoms with E-state index in [1.807, 2.05) is 11.8 Å². The van der Waals surface area contributed by atoms with Crippen molar-refractivity contribution in [3.8, 4) is 0 Å². The van der Waals surface area contributed by atoms with Crippen molar-refractivity contribution < 1.29 is 14.3 Å². The van der Waals surface area contributed by atoms with Crippen LogP contribution in [0, 0.1) is 5.92 Å². The van der Waals surface area contributed by atoms with Crippen molar-refractivity contribution in [3.05, 3.63) is 0 Å². The molecule has 0 N–H and O–H groups in total. The van der Waals surface area contributed by atoms with Crippen LogP contribution in [0.1, 0.15) is 58.8 Å². The zero-order valence-electron chi connectivity index (χ0n) is 12.3. The van der Waals surface area contributed by atoms with Crippen LogP contribution in [0.3, 0.4) is 0 Å². The average molecular weight is 269 g/mol. The molecule has 1 amide bonds. The second kappa shape index (κ2) is 8.94. The minimum absolute atomic E-state index is 0.105. The normalized spacial score (nSPS) is 18.9. The third-order valence-corrected chi connectivity index (χ3v) is 3.53. The number of carbonyl (C=O) groups is 2. The Morgan fingerprint density at radius 3 is 2.63 bits per heavy atom. The molecular weight excluding hydrogens is 242 g/mol. The lowest BCUT2D eigenvalue weighted by Crippen LogP contribution is -2.27. The number of ether oxygens (including phenoxy) is 1. The molecule has 0 bridgehead atoms. The van der Waals surface area contributed by atoms with Gasteiger partial charge in [-0.15, -0.1) is 0 Å². The summed E-state index contributed by atoms with van der Waals surface area (Å²) in [7, 11) is 0. The van der Waals surface area contributed by atoms with Crippen molar-refractivity contribution in [2.24, 2.45) is 5.92 Å². The first kappa shape index (κ1) is 16.0. The lowest BCUT2D eigenvalue weighted by molar-refractivity contribution is -0.148. The molecule has 1 unspecified atom stereocenters. The van der Waals surface area contributed by atoms with Gasteiger partial charge in [-0.1, -0.05) is 39.5 Å². The third kappa shape index (κ3) is 5.62. The number of hydrogen-bond acceptors (Lipinski definition) is 3. The molecule has 0 aromatic rings. The zero-order valence-corrected chi connectivity index (χ0v) is 12.3. The number of rotatable bonds is 9. The maximum absolute atomic E-state index is 11.8. The van der Waals surface area contributed by atoms with E-state index in [1.165, 1.54) is 25.7 Å². The molecule has 0 radical (unpaired) electrons. The van der Waals surface area contributed by atoms with Crippen LogP contribution in [0.2, 0.25) is 0 Å². The molecule has 0 aliphatic carbocycles. The minimum atomic E-state index is -0.241. The molecule has 19 heavy (non-hydrogen) atoms. The molecule has 1 rings (SSSR count). The Bertz CT molecular complexity index is 291. The molecule has 4 heteroatoms. The Balaban J connectivity index is 2.22. The van der Waals surface area contributed by atoms with Crippen molar-refractivity contribution in [3.63, 3.8) is 0 Å². The zero-order chi connectivity index (χ0) is 14.1. The van der Waals surface area contributed by atoms with Gasteiger partial charge in [-0.25, -0.2) is 0 Å². The van der Waals surface area contributed by atoms with Crippen molar-refractivity contribution in [2.75, 3.05) is 19.7 Å². The predicted molar refractivity (Wildman–Crippen MR) is 74.7 cm³/mol. The molecule has 0 aromatic carbocycles. The van der Waals surface area contributed by atoms with Crippen LogP contribution < -0.4 is 0 Å². The van der Waals surface area contributed by atoms with E-state index in [0.29, 0.717) is 19.6 Å². The van der Waals surface area contributed by atoms with E-state index < -0.39 is 0 Å². The van der Waals surface area contributed by atoms with Gasteiger partial charge in [-0.3, -0.25) is 9.59 Å². The van der Waals surface area contributed by atoms with Gasteiger partial charge in [0.05, 0.1) is 12.5 Å². The van der Waals surface area contributed by atoms with Crippen LogP contribution in [-0.2, 0) is 14.3 Å².